The molecule has 2 rings (SSSR count). The molecule has 4 nitrogen and oxygen atoms in total. The fourth-order valence-electron chi connectivity index (χ4n) is 2.82. The maximum Gasteiger partial charge on any atom is 0.236 e. The van der Waals surface area contributed by atoms with Crippen molar-refractivity contribution in [2.24, 2.45) is 5.92 Å². The molecule has 1 atom stereocenters. The van der Waals surface area contributed by atoms with Gasteiger partial charge in [0.25, 0.3) is 0 Å². The number of hydrogen-bond donors (Lipinski definition) is 1. The summed E-state index contributed by atoms with van der Waals surface area (Å²) in [7, 11) is 0. The Hall–Kier alpha value is -0.610. The molecule has 1 amide bonds. The van der Waals surface area contributed by atoms with Crippen molar-refractivity contribution in [1.82, 2.24) is 9.80 Å². The number of carbonyl (C=O) groups is 1. The third-order valence-corrected chi connectivity index (χ3v) is 3.95. The van der Waals surface area contributed by atoms with Gasteiger partial charge in [-0.3, -0.25) is 9.69 Å². The van der Waals surface area contributed by atoms with Gasteiger partial charge in [-0.1, -0.05) is 12.8 Å². The summed E-state index contributed by atoms with van der Waals surface area (Å²) in [6, 6.07) is 0. The molecular formula is C13H24N2O2. The van der Waals surface area contributed by atoms with Crippen molar-refractivity contribution in [2.75, 3.05) is 39.3 Å². The van der Waals surface area contributed by atoms with Crippen molar-refractivity contribution < 1.29 is 9.90 Å². The van der Waals surface area contributed by atoms with Crippen LogP contribution in [0.1, 0.15) is 32.1 Å². The van der Waals surface area contributed by atoms with E-state index in [-0.39, 0.29) is 12.5 Å². The largest absolute Gasteiger partial charge is 0.396 e. The fourth-order valence-corrected chi connectivity index (χ4v) is 2.82. The number of carbonyl (C=O) groups excluding carboxylic acids is 1. The Kier molecular flexibility index (Phi) is 4.80. The van der Waals surface area contributed by atoms with E-state index in [2.05, 4.69) is 4.90 Å². The minimum Gasteiger partial charge on any atom is -0.396 e. The summed E-state index contributed by atoms with van der Waals surface area (Å²) in [5, 5.41) is 9.08. The normalized spacial score (nSPS) is 27.1. The molecule has 0 aromatic carbocycles. The molecule has 0 aromatic rings. The highest BCUT2D eigenvalue weighted by Crippen LogP contribution is 2.16. The molecule has 17 heavy (non-hydrogen) atoms. The van der Waals surface area contributed by atoms with E-state index in [0.29, 0.717) is 12.5 Å². The first-order valence-corrected chi connectivity index (χ1v) is 6.90. The second-order valence-corrected chi connectivity index (χ2v) is 5.37. The molecule has 4 heteroatoms. The number of nitrogens with zero attached hydrogens (tertiary/aromatic N) is 2. The average Bonchev–Trinajstić information content (AvgIpc) is 2.62. The first-order valence-electron chi connectivity index (χ1n) is 6.90. The minimum atomic E-state index is 0.258. The fraction of sp³-hybridized carbons (Fsp3) is 0.923. The van der Waals surface area contributed by atoms with Crippen LogP contribution in [0.5, 0.6) is 0 Å². The Labute approximate surface area is 104 Å². The van der Waals surface area contributed by atoms with Gasteiger partial charge in [0.05, 0.1) is 6.54 Å². The minimum absolute atomic E-state index is 0.258. The van der Waals surface area contributed by atoms with Crippen molar-refractivity contribution in [3.8, 4) is 0 Å². The maximum absolute atomic E-state index is 12.1. The summed E-state index contributed by atoms with van der Waals surface area (Å²) < 4.78 is 0. The van der Waals surface area contributed by atoms with Gasteiger partial charge in [0.15, 0.2) is 0 Å². The lowest BCUT2D eigenvalue weighted by Gasteiger charge is -2.23. The zero-order valence-electron chi connectivity index (χ0n) is 10.6. The first kappa shape index (κ1) is 12.8. The Balaban J connectivity index is 1.76. The molecule has 1 N–H and O–H groups in total. The lowest BCUT2D eigenvalue weighted by molar-refractivity contribution is -0.132. The standard InChI is InChI=1S/C13H24N2O2/c16-11-12-5-8-14(9-12)10-13(17)15-6-3-1-2-4-7-15/h12,16H,1-11H2/t12-/m0/s1. The highest BCUT2D eigenvalue weighted by Gasteiger charge is 2.25. The Morgan fingerprint density at radius 1 is 1.12 bits per heavy atom. The van der Waals surface area contributed by atoms with Crippen molar-refractivity contribution in [2.45, 2.75) is 32.1 Å². The molecule has 2 aliphatic rings. The molecule has 0 bridgehead atoms. The van der Waals surface area contributed by atoms with Crippen LogP contribution in [0.2, 0.25) is 0 Å². The Morgan fingerprint density at radius 2 is 1.82 bits per heavy atom. The van der Waals surface area contributed by atoms with Gasteiger partial charge in [-0.2, -0.15) is 0 Å². The lowest BCUT2D eigenvalue weighted by atomic mass is 10.1. The van der Waals surface area contributed by atoms with Gasteiger partial charge in [-0.25, -0.2) is 0 Å². The van der Waals surface area contributed by atoms with Gasteiger partial charge < -0.3 is 10.0 Å². The predicted molar refractivity (Wildman–Crippen MR) is 66.7 cm³/mol. The zero-order chi connectivity index (χ0) is 12.1. The smallest absolute Gasteiger partial charge is 0.236 e. The van der Waals surface area contributed by atoms with E-state index in [1.54, 1.807) is 0 Å². The summed E-state index contributed by atoms with van der Waals surface area (Å²) in [4.78, 5) is 16.3. The van der Waals surface area contributed by atoms with Gasteiger partial charge in [0.1, 0.15) is 0 Å². The highest BCUT2D eigenvalue weighted by molar-refractivity contribution is 5.78. The van der Waals surface area contributed by atoms with E-state index >= 15 is 0 Å². The van der Waals surface area contributed by atoms with Crippen LogP contribution in [0.4, 0.5) is 0 Å². The van der Waals surface area contributed by atoms with E-state index in [1.165, 1.54) is 12.8 Å². The van der Waals surface area contributed by atoms with Gasteiger partial charge in [-0.05, 0) is 31.7 Å². The van der Waals surface area contributed by atoms with Gasteiger partial charge in [0, 0.05) is 26.2 Å². The van der Waals surface area contributed by atoms with E-state index in [4.69, 9.17) is 5.11 Å². The summed E-state index contributed by atoms with van der Waals surface area (Å²) in [5.74, 6) is 0.664. The Morgan fingerprint density at radius 3 is 2.41 bits per heavy atom. The van der Waals surface area contributed by atoms with E-state index in [1.807, 2.05) is 4.90 Å². The molecule has 2 saturated heterocycles. The van der Waals surface area contributed by atoms with Crippen LogP contribution in [-0.2, 0) is 4.79 Å². The first-order chi connectivity index (χ1) is 8.29. The number of rotatable bonds is 3. The molecule has 0 saturated carbocycles. The van der Waals surface area contributed by atoms with Crippen LogP contribution in [-0.4, -0.2) is 60.1 Å². The lowest BCUT2D eigenvalue weighted by Crippen LogP contribution is -2.40. The maximum atomic E-state index is 12.1. The number of likely N-dealkylation sites (tertiary alicyclic amines) is 2. The predicted octanol–water partition coefficient (Wildman–Crippen LogP) is 0.703. The van der Waals surface area contributed by atoms with Crippen LogP contribution >= 0.6 is 0 Å². The molecule has 2 aliphatic heterocycles. The van der Waals surface area contributed by atoms with Crippen molar-refractivity contribution >= 4 is 5.91 Å². The molecule has 0 aromatic heterocycles. The molecule has 2 fully saturated rings. The van der Waals surface area contributed by atoms with Gasteiger partial charge in [0.2, 0.25) is 5.91 Å². The molecule has 0 unspecified atom stereocenters. The second kappa shape index (κ2) is 6.36. The summed E-state index contributed by atoms with van der Waals surface area (Å²) >= 11 is 0. The quantitative estimate of drug-likeness (QED) is 0.790. The van der Waals surface area contributed by atoms with E-state index < -0.39 is 0 Å². The number of aliphatic hydroxyl groups is 1. The summed E-state index contributed by atoms with van der Waals surface area (Å²) in [6.45, 7) is 4.54. The van der Waals surface area contributed by atoms with E-state index in [0.717, 1.165) is 45.4 Å². The molecule has 2 heterocycles. The van der Waals surface area contributed by atoms with Crippen molar-refractivity contribution in [1.29, 1.82) is 0 Å². The summed E-state index contributed by atoms with van der Waals surface area (Å²) in [5.41, 5.74) is 0. The third-order valence-electron chi connectivity index (χ3n) is 3.95. The van der Waals surface area contributed by atoms with Crippen LogP contribution in [0.25, 0.3) is 0 Å². The monoisotopic (exact) mass is 240 g/mol. The summed E-state index contributed by atoms with van der Waals surface area (Å²) in [6.07, 6.45) is 5.87. The molecular weight excluding hydrogens is 216 g/mol. The van der Waals surface area contributed by atoms with Gasteiger partial charge in [-0.15, -0.1) is 0 Å². The molecule has 0 spiro atoms. The van der Waals surface area contributed by atoms with Crippen LogP contribution < -0.4 is 0 Å². The van der Waals surface area contributed by atoms with Crippen LogP contribution in [0.15, 0.2) is 0 Å². The molecule has 0 radical (unpaired) electrons. The highest BCUT2D eigenvalue weighted by atomic mass is 16.3. The Bertz CT molecular complexity index is 250. The third kappa shape index (κ3) is 3.68. The number of aliphatic hydroxyl groups excluding tert-OH is 1. The number of amides is 1. The van der Waals surface area contributed by atoms with Crippen molar-refractivity contribution in [3.05, 3.63) is 0 Å². The van der Waals surface area contributed by atoms with E-state index in [9.17, 15) is 4.79 Å². The second-order valence-electron chi connectivity index (χ2n) is 5.37. The van der Waals surface area contributed by atoms with Crippen LogP contribution in [0, 0.1) is 5.92 Å². The number of hydrogen-bond acceptors (Lipinski definition) is 3. The SMILES string of the molecule is O=C(CN1CC[C@H](CO)C1)N1CCCCCC1. The average molecular weight is 240 g/mol. The van der Waals surface area contributed by atoms with Crippen LogP contribution in [0.3, 0.4) is 0 Å². The zero-order valence-corrected chi connectivity index (χ0v) is 10.6. The van der Waals surface area contributed by atoms with Gasteiger partial charge >= 0.3 is 0 Å². The topological polar surface area (TPSA) is 43.8 Å². The van der Waals surface area contributed by atoms with Crippen molar-refractivity contribution in [3.63, 3.8) is 0 Å². The molecule has 98 valence electrons. The molecule has 0 aliphatic carbocycles.